The fraction of sp³-hybridized carbons (Fsp3) is 0.0714. The number of halogens is 1. The first-order valence-electron chi connectivity index (χ1n) is 5.88. The zero-order valence-corrected chi connectivity index (χ0v) is 11.8. The maximum absolute atomic E-state index is 11.9. The topological polar surface area (TPSA) is 65.1 Å². The molecule has 100 valence electrons. The second kappa shape index (κ2) is 5.05. The quantitative estimate of drug-likeness (QED) is 0.721. The molecule has 0 aliphatic rings. The highest BCUT2D eigenvalue weighted by Crippen LogP contribution is 2.12. The van der Waals surface area contributed by atoms with Crippen LogP contribution in [0.25, 0.3) is 11.0 Å². The lowest BCUT2D eigenvalue weighted by molar-refractivity contribution is 0.423. The van der Waals surface area contributed by atoms with Crippen LogP contribution in [0.2, 0.25) is 0 Å². The van der Waals surface area contributed by atoms with Crippen molar-refractivity contribution in [3.8, 4) is 0 Å². The van der Waals surface area contributed by atoms with Crippen LogP contribution in [0.1, 0.15) is 5.56 Å². The van der Waals surface area contributed by atoms with Crippen molar-refractivity contribution in [2.24, 2.45) is 0 Å². The monoisotopic (exact) mass is 332 g/mol. The Morgan fingerprint density at radius 1 is 1.15 bits per heavy atom. The van der Waals surface area contributed by atoms with E-state index in [1.165, 1.54) is 4.57 Å². The molecule has 0 saturated carbocycles. The molecule has 0 aliphatic carbocycles. The van der Waals surface area contributed by atoms with Crippen LogP contribution in [-0.4, -0.2) is 9.55 Å². The van der Waals surface area contributed by atoms with Crippen molar-refractivity contribution in [2.45, 2.75) is 6.54 Å². The van der Waals surface area contributed by atoms with Gasteiger partial charge in [0.2, 0.25) is 0 Å². The third kappa shape index (κ3) is 2.30. The number of aromatic nitrogens is 2. The number of hydrogen-bond donors (Lipinski definition) is 0. The lowest BCUT2D eigenvalue weighted by Crippen LogP contribution is -2.26. The predicted octanol–water partition coefficient (Wildman–Crippen LogP) is 2.16. The molecule has 2 aromatic heterocycles. The SMILES string of the molecule is O=c1oc(=O)n(Cc2ccc(Br)cc2)c2ncccc12. The smallest absolute Gasteiger partial charge is 0.372 e. The largest absolute Gasteiger partial charge is 0.423 e. The first-order chi connectivity index (χ1) is 9.65. The molecule has 0 bridgehead atoms. The van der Waals surface area contributed by atoms with Gasteiger partial charge in [-0.25, -0.2) is 14.6 Å². The average Bonchev–Trinajstić information content (AvgIpc) is 2.45. The minimum atomic E-state index is -0.705. The summed E-state index contributed by atoms with van der Waals surface area (Å²) in [6.07, 6.45) is 1.54. The first kappa shape index (κ1) is 12.8. The standard InChI is InChI=1S/C14H9BrN2O3/c15-10-5-3-9(4-6-10)8-17-12-11(2-1-7-16-12)13(18)20-14(17)19/h1-7H,8H2. The van der Waals surface area contributed by atoms with Crippen LogP contribution >= 0.6 is 15.9 Å². The maximum atomic E-state index is 11.9. The summed E-state index contributed by atoms with van der Waals surface area (Å²) in [6.45, 7) is 0.295. The van der Waals surface area contributed by atoms with Crippen LogP contribution in [0, 0.1) is 0 Å². The molecule has 0 spiro atoms. The van der Waals surface area contributed by atoms with Crippen molar-refractivity contribution in [3.63, 3.8) is 0 Å². The second-order valence-corrected chi connectivity index (χ2v) is 5.16. The molecule has 0 amide bonds. The molecule has 5 nitrogen and oxygen atoms in total. The van der Waals surface area contributed by atoms with Gasteiger partial charge in [-0.15, -0.1) is 0 Å². The third-order valence-corrected chi connectivity index (χ3v) is 3.45. The Balaban J connectivity index is 2.18. The van der Waals surface area contributed by atoms with Crippen molar-refractivity contribution in [3.05, 3.63) is 73.6 Å². The van der Waals surface area contributed by atoms with Gasteiger partial charge >= 0.3 is 11.4 Å². The van der Waals surface area contributed by atoms with E-state index in [4.69, 9.17) is 4.42 Å². The van der Waals surface area contributed by atoms with E-state index in [9.17, 15) is 9.59 Å². The number of benzene rings is 1. The highest BCUT2D eigenvalue weighted by atomic mass is 79.9. The molecular formula is C14H9BrN2O3. The fourth-order valence-corrected chi connectivity index (χ4v) is 2.22. The van der Waals surface area contributed by atoms with Gasteiger partial charge in [-0.3, -0.25) is 4.57 Å². The number of nitrogens with zero attached hydrogens (tertiary/aromatic N) is 2. The summed E-state index contributed by atoms with van der Waals surface area (Å²) in [6, 6.07) is 10.8. The maximum Gasteiger partial charge on any atom is 0.423 e. The van der Waals surface area contributed by atoms with Gasteiger partial charge in [-0.2, -0.15) is 0 Å². The third-order valence-electron chi connectivity index (χ3n) is 2.92. The number of fused-ring (bicyclic) bond motifs is 1. The van der Waals surface area contributed by atoms with Crippen LogP contribution in [0.4, 0.5) is 0 Å². The normalized spacial score (nSPS) is 10.8. The Bertz CT molecular complexity index is 881. The molecule has 0 aliphatic heterocycles. The summed E-state index contributed by atoms with van der Waals surface area (Å²) in [5.41, 5.74) is 0.581. The Kier molecular flexibility index (Phi) is 3.23. The summed E-state index contributed by atoms with van der Waals surface area (Å²) in [4.78, 5) is 27.6. The van der Waals surface area contributed by atoms with Crippen molar-refractivity contribution in [1.29, 1.82) is 0 Å². The summed E-state index contributed by atoms with van der Waals surface area (Å²) in [7, 11) is 0. The van der Waals surface area contributed by atoms with Crippen molar-refractivity contribution in [2.75, 3.05) is 0 Å². The molecule has 6 heteroatoms. The summed E-state index contributed by atoms with van der Waals surface area (Å²) >= 11 is 3.35. The van der Waals surface area contributed by atoms with Crippen LogP contribution in [0.5, 0.6) is 0 Å². The van der Waals surface area contributed by atoms with Gasteiger partial charge in [-0.1, -0.05) is 28.1 Å². The summed E-state index contributed by atoms with van der Waals surface area (Å²) < 4.78 is 7.02. The zero-order chi connectivity index (χ0) is 14.1. The van der Waals surface area contributed by atoms with Gasteiger partial charge in [0.05, 0.1) is 6.54 Å². The first-order valence-corrected chi connectivity index (χ1v) is 6.67. The molecular weight excluding hydrogens is 324 g/mol. The lowest BCUT2D eigenvalue weighted by Gasteiger charge is -2.07. The van der Waals surface area contributed by atoms with Gasteiger partial charge in [0.25, 0.3) is 0 Å². The van der Waals surface area contributed by atoms with E-state index < -0.39 is 11.4 Å². The van der Waals surface area contributed by atoms with E-state index in [0.717, 1.165) is 10.0 Å². The van der Waals surface area contributed by atoms with E-state index in [0.29, 0.717) is 17.6 Å². The van der Waals surface area contributed by atoms with E-state index >= 15 is 0 Å². The Hall–Kier alpha value is -2.21. The van der Waals surface area contributed by atoms with Gasteiger partial charge in [-0.05, 0) is 29.8 Å². The highest BCUT2D eigenvalue weighted by molar-refractivity contribution is 9.10. The molecule has 1 aromatic carbocycles. The average molecular weight is 333 g/mol. The van der Waals surface area contributed by atoms with E-state index in [-0.39, 0.29) is 0 Å². The summed E-state index contributed by atoms with van der Waals surface area (Å²) in [5, 5.41) is 0.296. The molecule has 0 N–H and O–H groups in total. The molecule has 3 rings (SSSR count). The molecule has 0 atom stereocenters. The van der Waals surface area contributed by atoms with Gasteiger partial charge in [0, 0.05) is 10.7 Å². The highest BCUT2D eigenvalue weighted by Gasteiger charge is 2.10. The predicted molar refractivity (Wildman–Crippen MR) is 77.8 cm³/mol. The molecule has 0 radical (unpaired) electrons. The summed E-state index contributed by atoms with van der Waals surface area (Å²) in [5.74, 6) is -0.705. The van der Waals surface area contributed by atoms with Crippen molar-refractivity contribution >= 4 is 27.0 Å². The van der Waals surface area contributed by atoms with Gasteiger partial charge < -0.3 is 4.42 Å². The molecule has 0 fully saturated rings. The van der Waals surface area contributed by atoms with E-state index in [1.54, 1.807) is 18.3 Å². The van der Waals surface area contributed by atoms with Crippen molar-refractivity contribution < 1.29 is 4.42 Å². The van der Waals surface area contributed by atoms with Crippen molar-refractivity contribution in [1.82, 2.24) is 9.55 Å². The number of pyridine rings is 1. The number of hydrogen-bond acceptors (Lipinski definition) is 4. The van der Waals surface area contributed by atoms with E-state index in [2.05, 4.69) is 20.9 Å². The molecule has 0 unspecified atom stereocenters. The molecule has 3 aromatic rings. The van der Waals surface area contributed by atoms with Crippen LogP contribution in [0.15, 0.2) is 61.1 Å². The minimum Gasteiger partial charge on any atom is -0.372 e. The molecule has 0 saturated heterocycles. The Morgan fingerprint density at radius 2 is 1.90 bits per heavy atom. The van der Waals surface area contributed by atoms with Gasteiger partial charge in [0.15, 0.2) is 5.65 Å². The van der Waals surface area contributed by atoms with Crippen LogP contribution in [0.3, 0.4) is 0 Å². The minimum absolute atomic E-state index is 0.295. The van der Waals surface area contributed by atoms with Gasteiger partial charge in [0.1, 0.15) is 5.39 Å². The Morgan fingerprint density at radius 3 is 2.65 bits per heavy atom. The number of rotatable bonds is 2. The van der Waals surface area contributed by atoms with Crippen LogP contribution in [-0.2, 0) is 6.54 Å². The van der Waals surface area contributed by atoms with Crippen LogP contribution < -0.4 is 11.4 Å². The van der Waals surface area contributed by atoms with E-state index in [1.807, 2.05) is 24.3 Å². The molecule has 20 heavy (non-hydrogen) atoms. The zero-order valence-electron chi connectivity index (χ0n) is 10.2. The lowest BCUT2D eigenvalue weighted by atomic mass is 10.2. The second-order valence-electron chi connectivity index (χ2n) is 4.24. The fourth-order valence-electron chi connectivity index (χ4n) is 1.96. The Labute approximate surface area is 121 Å². The molecule has 2 heterocycles.